The predicted octanol–water partition coefficient (Wildman–Crippen LogP) is 5.11. The number of hydrogen-bond donors (Lipinski definition) is 3. The van der Waals surface area contributed by atoms with Crippen LogP contribution in [-0.4, -0.2) is 30.2 Å². The van der Waals surface area contributed by atoms with Crippen LogP contribution in [-0.2, 0) is 16.5 Å². The summed E-state index contributed by atoms with van der Waals surface area (Å²) in [7, 11) is -4.10. The zero-order valence-corrected chi connectivity index (χ0v) is 18.8. The molecule has 0 bridgehead atoms. The maximum Gasteiger partial charge on any atom is 0.294 e. The lowest BCUT2D eigenvalue weighted by molar-refractivity contribution is 0.221. The third-order valence-electron chi connectivity index (χ3n) is 4.46. The van der Waals surface area contributed by atoms with Gasteiger partial charge < -0.3 is 10.8 Å². The summed E-state index contributed by atoms with van der Waals surface area (Å²) in [6.07, 6.45) is 13.3. The molecule has 0 amide bonds. The van der Waals surface area contributed by atoms with E-state index in [-0.39, 0.29) is 11.5 Å². The van der Waals surface area contributed by atoms with Gasteiger partial charge in [-0.15, -0.1) is 0 Å². The van der Waals surface area contributed by atoms with Gasteiger partial charge in [0.05, 0.1) is 11.5 Å². The van der Waals surface area contributed by atoms with Gasteiger partial charge in [-0.25, -0.2) is 0 Å². The summed E-state index contributed by atoms with van der Waals surface area (Å²) in [6, 6.07) is 6.73. The van der Waals surface area contributed by atoms with Crippen LogP contribution in [0.5, 0.6) is 0 Å². The van der Waals surface area contributed by atoms with Crippen LogP contribution in [0.1, 0.15) is 90.5 Å². The Kier molecular flexibility index (Phi) is 14.5. The first kappa shape index (κ1) is 27.0. The van der Waals surface area contributed by atoms with Gasteiger partial charge in [0.15, 0.2) is 0 Å². The smallest absolute Gasteiger partial charge is 0.294 e. The Balaban J connectivity index is 0.00000105. The van der Waals surface area contributed by atoms with Gasteiger partial charge in [-0.05, 0) is 38.3 Å². The third kappa shape index (κ3) is 15.0. The lowest BCUT2D eigenvalue weighted by Gasteiger charge is -2.12. The lowest BCUT2D eigenvalue weighted by atomic mass is 10.0. The molecule has 4 N–H and O–H groups in total. The van der Waals surface area contributed by atoms with Crippen molar-refractivity contribution in [2.75, 3.05) is 6.61 Å². The van der Waals surface area contributed by atoms with Gasteiger partial charge in [0.25, 0.3) is 10.1 Å². The minimum absolute atomic E-state index is 0.0486. The van der Waals surface area contributed by atoms with Crippen molar-refractivity contribution in [1.29, 1.82) is 0 Å². The summed E-state index contributed by atoms with van der Waals surface area (Å²) in [5.41, 5.74) is 5.61. The Hall–Kier alpha value is -0.950. The highest BCUT2D eigenvalue weighted by atomic mass is 32.2. The molecule has 1 aromatic rings. The summed E-state index contributed by atoms with van der Waals surface area (Å²) in [6.45, 7) is 5.83. The van der Waals surface area contributed by atoms with Crippen LogP contribution in [0.25, 0.3) is 0 Å². The first-order valence-corrected chi connectivity index (χ1v) is 12.0. The molecule has 1 aromatic carbocycles. The van der Waals surface area contributed by atoms with Crippen molar-refractivity contribution in [2.45, 2.75) is 102 Å². The van der Waals surface area contributed by atoms with E-state index >= 15 is 0 Å². The number of aliphatic hydroxyl groups is 1. The van der Waals surface area contributed by atoms with E-state index in [2.05, 4.69) is 6.92 Å². The van der Waals surface area contributed by atoms with Gasteiger partial charge >= 0.3 is 0 Å². The molecule has 0 aliphatic rings. The van der Waals surface area contributed by atoms with Gasteiger partial charge in [-0.2, -0.15) is 8.42 Å². The van der Waals surface area contributed by atoms with Crippen molar-refractivity contribution in [3.05, 3.63) is 29.8 Å². The van der Waals surface area contributed by atoms with Crippen molar-refractivity contribution in [1.82, 2.24) is 0 Å². The van der Waals surface area contributed by atoms with Crippen molar-refractivity contribution in [2.24, 2.45) is 5.73 Å². The number of nitrogens with two attached hydrogens (primary N) is 1. The highest BCUT2D eigenvalue weighted by Gasteiger charge is 2.13. The molecular formula is C22H41NO4S. The molecule has 0 saturated carbocycles. The molecule has 0 aliphatic carbocycles. The first-order valence-electron chi connectivity index (χ1n) is 10.6. The Labute approximate surface area is 172 Å². The molecule has 0 aliphatic heterocycles. The average Bonchev–Trinajstić information content (AvgIpc) is 2.63. The molecule has 0 spiro atoms. The van der Waals surface area contributed by atoms with Crippen LogP contribution in [0.2, 0.25) is 0 Å². The topological polar surface area (TPSA) is 101 Å². The molecule has 164 valence electrons. The number of rotatable bonds is 13. The molecule has 6 heteroatoms. The summed E-state index contributed by atoms with van der Waals surface area (Å²) in [5.74, 6) is 0. The normalized spacial score (nSPS) is 11.8. The Bertz CT molecular complexity index is 609. The van der Waals surface area contributed by atoms with E-state index < -0.39 is 15.7 Å². The van der Waals surface area contributed by atoms with Gasteiger partial charge in [0.2, 0.25) is 0 Å². The summed E-state index contributed by atoms with van der Waals surface area (Å²) < 4.78 is 31.8. The number of aryl methyl sites for hydroxylation is 1. The number of aliphatic hydroxyl groups excluding tert-OH is 1. The molecule has 0 heterocycles. The van der Waals surface area contributed by atoms with Gasteiger partial charge in [-0.3, -0.25) is 4.55 Å². The zero-order valence-electron chi connectivity index (χ0n) is 18.0. The first-order chi connectivity index (χ1) is 13.1. The standard InChI is InChI=1S/C18H30O3S.C4H11NO/c1-2-3-4-5-6-7-8-9-10-11-14-17-15-12-13-16-18(17)22(19,20)21;1-4(2,5)3-6/h12-13,15-16H,2-11,14H2,1H3,(H,19,20,21);6H,3,5H2,1-2H3. The van der Waals surface area contributed by atoms with E-state index in [4.69, 9.17) is 10.8 Å². The van der Waals surface area contributed by atoms with Gasteiger partial charge in [0, 0.05) is 5.54 Å². The van der Waals surface area contributed by atoms with E-state index in [1.54, 1.807) is 26.0 Å². The molecule has 0 radical (unpaired) electrons. The fourth-order valence-electron chi connectivity index (χ4n) is 2.76. The summed E-state index contributed by atoms with van der Waals surface area (Å²) in [5, 5.41) is 8.28. The van der Waals surface area contributed by atoms with E-state index in [1.807, 2.05) is 6.07 Å². The second kappa shape index (κ2) is 15.0. The third-order valence-corrected chi connectivity index (χ3v) is 5.41. The molecule has 0 saturated heterocycles. The van der Waals surface area contributed by atoms with E-state index in [0.717, 1.165) is 18.4 Å². The molecule has 0 aromatic heterocycles. The fourth-order valence-corrected chi connectivity index (χ4v) is 3.52. The quantitative estimate of drug-likeness (QED) is 0.307. The Morgan fingerprint density at radius 3 is 1.75 bits per heavy atom. The van der Waals surface area contributed by atoms with Crippen molar-refractivity contribution < 1.29 is 18.1 Å². The maximum absolute atomic E-state index is 11.3. The predicted molar refractivity (Wildman–Crippen MR) is 117 cm³/mol. The zero-order chi connectivity index (χ0) is 21.5. The minimum atomic E-state index is -4.10. The lowest BCUT2D eigenvalue weighted by Crippen LogP contribution is -2.35. The van der Waals surface area contributed by atoms with Crippen LogP contribution >= 0.6 is 0 Å². The van der Waals surface area contributed by atoms with Gasteiger partial charge in [-0.1, -0.05) is 82.9 Å². The molecule has 1 rings (SSSR count). The monoisotopic (exact) mass is 415 g/mol. The van der Waals surface area contributed by atoms with Crippen molar-refractivity contribution in [3.8, 4) is 0 Å². The van der Waals surface area contributed by atoms with Crippen molar-refractivity contribution >= 4 is 10.1 Å². The summed E-state index contributed by atoms with van der Waals surface area (Å²) in [4.78, 5) is 0.0610. The van der Waals surface area contributed by atoms with Crippen LogP contribution in [0.3, 0.4) is 0 Å². The molecular weight excluding hydrogens is 374 g/mol. The molecule has 0 fully saturated rings. The number of hydrogen-bond acceptors (Lipinski definition) is 4. The van der Waals surface area contributed by atoms with E-state index in [1.165, 1.54) is 57.4 Å². The Morgan fingerprint density at radius 1 is 0.893 bits per heavy atom. The van der Waals surface area contributed by atoms with Crippen molar-refractivity contribution in [3.63, 3.8) is 0 Å². The summed E-state index contributed by atoms with van der Waals surface area (Å²) >= 11 is 0. The molecule has 0 unspecified atom stereocenters. The highest BCUT2D eigenvalue weighted by Crippen LogP contribution is 2.18. The number of unbranched alkanes of at least 4 members (excludes halogenated alkanes) is 9. The maximum atomic E-state index is 11.3. The number of benzene rings is 1. The minimum Gasteiger partial charge on any atom is -0.394 e. The average molecular weight is 416 g/mol. The van der Waals surface area contributed by atoms with Crippen LogP contribution in [0.15, 0.2) is 29.2 Å². The second-order valence-corrected chi connectivity index (χ2v) is 9.55. The largest absolute Gasteiger partial charge is 0.394 e. The molecule has 0 atom stereocenters. The molecule has 5 nitrogen and oxygen atoms in total. The van der Waals surface area contributed by atoms with E-state index in [9.17, 15) is 13.0 Å². The van der Waals surface area contributed by atoms with Crippen LogP contribution in [0.4, 0.5) is 0 Å². The second-order valence-electron chi connectivity index (χ2n) is 8.16. The van der Waals surface area contributed by atoms with Crippen LogP contribution < -0.4 is 5.73 Å². The fraction of sp³-hybridized carbons (Fsp3) is 0.727. The SMILES string of the molecule is CC(C)(N)CO.CCCCCCCCCCCCc1ccccc1S(=O)(=O)O. The highest BCUT2D eigenvalue weighted by molar-refractivity contribution is 7.85. The Morgan fingerprint density at radius 2 is 1.32 bits per heavy atom. The van der Waals surface area contributed by atoms with Gasteiger partial charge in [0.1, 0.15) is 0 Å². The van der Waals surface area contributed by atoms with E-state index in [0.29, 0.717) is 6.42 Å². The molecule has 28 heavy (non-hydrogen) atoms. The van der Waals surface area contributed by atoms with Crippen LogP contribution in [0, 0.1) is 0 Å².